The number of rotatable bonds is 3. The zero-order valence-electron chi connectivity index (χ0n) is 10.8. The quantitative estimate of drug-likeness (QED) is 0.192. The summed E-state index contributed by atoms with van der Waals surface area (Å²) in [6.07, 6.45) is 1.19. The van der Waals surface area contributed by atoms with E-state index in [4.69, 9.17) is 24.4 Å². The van der Waals surface area contributed by atoms with Crippen molar-refractivity contribution < 1.29 is 82.1 Å². The molecule has 0 fully saturated rings. The number of aryl methyl sites for hydroxylation is 1. The second-order valence-corrected chi connectivity index (χ2v) is 3.84. The molecule has 0 aliphatic rings. The number of nitro groups is 1. The number of hydrogen-bond donors (Lipinski definition) is 4. The molecule has 18 heavy (non-hydrogen) atoms. The van der Waals surface area contributed by atoms with E-state index in [0.717, 1.165) is 0 Å². The third kappa shape index (κ3) is 9.27. The van der Waals surface area contributed by atoms with Crippen molar-refractivity contribution in [3.8, 4) is 0 Å². The zero-order chi connectivity index (χ0) is 13.6. The van der Waals surface area contributed by atoms with Crippen LogP contribution < -0.4 is 51.4 Å². The van der Waals surface area contributed by atoms with Crippen LogP contribution in [0.4, 0.5) is 5.82 Å². The van der Waals surface area contributed by atoms with Gasteiger partial charge in [-0.25, -0.2) is 14.1 Å². The van der Waals surface area contributed by atoms with Crippen LogP contribution in [0.15, 0.2) is 6.20 Å². The average Bonchev–Trinajstić information content (AvgIpc) is 2.46. The van der Waals surface area contributed by atoms with E-state index in [0.29, 0.717) is 5.82 Å². The number of phosphoric acid groups is 1. The number of aliphatic hydroxyl groups is 1. The van der Waals surface area contributed by atoms with Gasteiger partial charge in [0.2, 0.25) is 0 Å². The molecule has 4 N–H and O–H groups in total. The summed E-state index contributed by atoms with van der Waals surface area (Å²) in [4.78, 5) is 35.2. The van der Waals surface area contributed by atoms with Crippen molar-refractivity contribution in [2.75, 3.05) is 6.61 Å². The van der Waals surface area contributed by atoms with Crippen molar-refractivity contribution >= 4 is 13.6 Å². The van der Waals surface area contributed by atoms with Crippen LogP contribution in [0.1, 0.15) is 7.25 Å². The maximum atomic E-state index is 10.4. The second-order valence-electron chi connectivity index (χ2n) is 2.81. The van der Waals surface area contributed by atoms with Gasteiger partial charge in [-0.15, -0.1) is 0 Å². The van der Waals surface area contributed by atoms with Gasteiger partial charge in [-0.2, -0.15) is 0 Å². The molecule has 1 heterocycles. The molecular formula is C6H13KN3O7P. The Balaban J connectivity index is -0.000000320. The summed E-state index contributed by atoms with van der Waals surface area (Å²) in [5, 5.41) is 19.0. The monoisotopic (exact) mass is 309 g/mol. The van der Waals surface area contributed by atoms with Crippen molar-refractivity contribution in [2.45, 2.75) is 13.5 Å². The molecule has 0 saturated heterocycles. The maximum Gasteiger partial charge on any atom is 1.00 e. The third-order valence-corrected chi connectivity index (χ3v) is 1.54. The molecule has 0 aromatic carbocycles. The molecule has 1 aromatic rings. The Labute approximate surface area is 146 Å². The van der Waals surface area contributed by atoms with Gasteiger partial charge in [-0.05, 0) is 4.92 Å². The maximum absolute atomic E-state index is 10.4. The topological polar surface area (TPSA) is 159 Å². The molecule has 100 valence electrons. The van der Waals surface area contributed by atoms with Crippen LogP contribution in [-0.4, -0.2) is 40.9 Å². The van der Waals surface area contributed by atoms with Crippen molar-refractivity contribution in [3.63, 3.8) is 0 Å². The van der Waals surface area contributed by atoms with Crippen molar-refractivity contribution in [2.24, 2.45) is 0 Å². The minimum Gasteiger partial charge on any atom is -1.00 e. The fraction of sp³-hybridized carbons (Fsp3) is 0.500. The second kappa shape index (κ2) is 9.26. The molecule has 0 amide bonds. The number of nitrogens with zero attached hydrogens (tertiary/aromatic N) is 3. The molecule has 1 rings (SSSR count). The molecule has 0 bridgehead atoms. The smallest absolute Gasteiger partial charge is 1.00 e. The van der Waals surface area contributed by atoms with E-state index in [-0.39, 0.29) is 71.8 Å². The summed E-state index contributed by atoms with van der Waals surface area (Å²) in [6, 6.07) is 0. The largest absolute Gasteiger partial charge is 1.00 e. The number of aliphatic hydroxyl groups excluding tert-OH is 1. The minimum atomic E-state index is -4.64. The van der Waals surface area contributed by atoms with Crippen LogP contribution in [0, 0.1) is 17.0 Å². The van der Waals surface area contributed by atoms with Gasteiger partial charge in [-0.3, -0.25) is 0 Å². The number of aromatic nitrogens is 2. The number of imidazole rings is 1. The van der Waals surface area contributed by atoms with Gasteiger partial charge >= 0.3 is 65.0 Å². The van der Waals surface area contributed by atoms with E-state index in [2.05, 4.69) is 4.98 Å². The molecule has 10 nitrogen and oxygen atoms in total. The van der Waals surface area contributed by atoms with E-state index in [1.54, 1.807) is 6.92 Å². The van der Waals surface area contributed by atoms with Gasteiger partial charge in [0.05, 0.1) is 6.61 Å². The summed E-state index contributed by atoms with van der Waals surface area (Å²) in [5.74, 6) is 0.456. The molecule has 0 atom stereocenters. The summed E-state index contributed by atoms with van der Waals surface area (Å²) in [7, 11) is -4.64. The molecule has 0 saturated carbocycles. The molecule has 0 unspecified atom stereocenters. The standard InChI is InChI=1S/C6H9N3O3.K.H3O4P.H/c1-5-7-4-6(9(11)12)8(5)2-3-10;;1-5(2,3)4;/h4,10H,2-3H2,1H3;;(H3,1,2,3,4);/q;+1;;-1. The predicted molar refractivity (Wildman–Crippen MR) is 56.1 cm³/mol. The summed E-state index contributed by atoms with van der Waals surface area (Å²) >= 11 is 0. The van der Waals surface area contributed by atoms with E-state index < -0.39 is 12.7 Å². The molecular weight excluding hydrogens is 296 g/mol. The van der Waals surface area contributed by atoms with Gasteiger partial charge in [0.1, 0.15) is 12.7 Å². The first kappa shape index (κ1) is 20.6. The van der Waals surface area contributed by atoms with Crippen LogP contribution in [0.2, 0.25) is 0 Å². The zero-order valence-corrected chi connectivity index (χ0v) is 13.8. The van der Waals surface area contributed by atoms with Crippen molar-refractivity contribution in [1.82, 2.24) is 9.55 Å². The van der Waals surface area contributed by atoms with Gasteiger partial charge in [0.25, 0.3) is 0 Å². The van der Waals surface area contributed by atoms with Gasteiger partial charge in [0, 0.05) is 6.92 Å². The number of hydrogen-bond acceptors (Lipinski definition) is 5. The van der Waals surface area contributed by atoms with Crippen LogP contribution in [0.5, 0.6) is 0 Å². The first-order chi connectivity index (χ1) is 7.66. The Kier molecular flexibility index (Phi) is 10.6. The summed E-state index contributed by atoms with van der Waals surface area (Å²) in [5.41, 5.74) is 0. The summed E-state index contributed by atoms with van der Waals surface area (Å²) in [6.45, 7) is 1.74. The summed E-state index contributed by atoms with van der Waals surface area (Å²) < 4.78 is 10.2. The van der Waals surface area contributed by atoms with Crippen LogP contribution >= 0.6 is 7.82 Å². The van der Waals surface area contributed by atoms with Crippen LogP contribution in [0.3, 0.4) is 0 Å². The average molecular weight is 309 g/mol. The first-order valence-corrected chi connectivity index (χ1v) is 5.79. The van der Waals surface area contributed by atoms with Crippen LogP contribution in [-0.2, 0) is 11.1 Å². The van der Waals surface area contributed by atoms with Crippen LogP contribution in [0.25, 0.3) is 0 Å². The Hall–Kier alpha value is 0.316. The molecule has 1 aromatic heterocycles. The van der Waals surface area contributed by atoms with Gasteiger partial charge in [-0.1, -0.05) is 0 Å². The SMILES string of the molecule is Cc1ncc([N+](=O)[O-])n1CCO.O=P(O)(O)O.[H-].[K+]. The minimum absolute atomic E-state index is 0. The predicted octanol–water partition coefficient (Wildman–Crippen LogP) is -3.72. The molecule has 0 radical (unpaired) electrons. The fourth-order valence-corrected chi connectivity index (χ4v) is 0.978. The molecule has 0 spiro atoms. The first-order valence-electron chi connectivity index (χ1n) is 4.22. The van der Waals surface area contributed by atoms with Gasteiger partial charge < -0.3 is 31.3 Å². The molecule has 12 heteroatoms. The Morgan fingerprint density at radius 2 is 2.00 bits per heavy atom. The molecule has 0 aliphatic carbocycles. The fourth-order valence-electron chi connectivity index (χ4n) is 0.978. The van der Waals surface area contributed by atoms with E-state index in [1.807, 2.05) is 0 Å². The third-order valence-electron chi connectivity index (χ3n) is 1.54. The van der Waals surface area contributed by atoms with E-state index >= 15 is 0 Å². The van der Waals surface area contributed by atoms with Crippen molar-refractivity contribution in [1.29, 1.82) is 0 Å². The Morgan fingerprint density at radius 3 is 2.33 bits per heavy atom. The Morgan fingerprint density at radius 1 is 1.56 bits per heavy atom. The van der Waals surface area contributed by atoms with E-state index in [9.17, 15) is 10.1 Å². The van der Waals surface area contributed by atoms with Gasteiger partial charge in [0.15, 0.2) is 5.82 Å². The van der Waals surface area contributed by atoms with E-state index in [1.165, 1.54) is 10.8 Å². The Bertz CT molecular complexity index is 428. The normalized spacial score (nSPS) is 10.1. The van der Waals surface area contributed by atoms with Crippen molar-refractivity contribution in [3.05, 3.63) is 22.1 Å². The molecule has 0 aliphatic heterocycles.